The molecular formula is C33H31NO11S3. The Morgan fingerprint density at radius 2 is 1.21 bits per heavy atom. The average molecular weight is 714 g/mol. The molecule has 2 aromatic rings. The summed E-state index contributed by atoms with van der Waals surface area (Å²) in [5.41, 5.74) is 0.253. The van der Waals surface area contributed by atoms with Gasteiger partial charge < -0.3 is 28.4 Å². The maximum absolute atomic E-state index is 14.6. The largest absolute Gasteiger partial charge is 0.497 e. The number of esters is 4. The molecule has 3 aliphatic rings. The van der Waals surface area contributed by atoms with Gasteiger partial charge in [0.2, 0.25) is 0 Å². The van der Waals surface area contributed by atoms with E-state index in [-0.39, 0.29) is 20.3 Å². The number of methoxy groups -OCH3 is 6. The Balaban J connectivity index is 1.89. The molecule has 0 atom stereocenters. The molecule has 15 heteroatoms. The van der Waals surface area contributed by atoms with E-state index in [1.807, 2.05) is 0 Å². The molecule has 48 heavy (non-hydrogen) atoms. The first kappa shape index (κ1) is 35.0. The van der Waals surface area contributed by atoms with Crippen molar-refractivity contribution in [2.45, 2.75) is 23.5 Å². The number of fused-ring (bicyclic) bond motifs is 3. The molecule has 1 spiro atoms. The lowest BCUT2D eigenvalue weighted by molar-refractivity contribution is -0.138. The van der Waals surface area contributed by atoms with Gasteiger partial charge >= 0.3 is 23.9 Å². The Kier molecular flexibility index (Phi) is 9.68. The van der Waals surface area contributed by atoms with Crippen LogP contribution in [0.4, 0.5) is 5.69 Å². The molecule has 0 N–H and O–H groups in total. The highest BCUT2D eigenvalue weighted by Crippen LogP contribution is 2.71. The summed E-state index contributed by atoms with van der Waals surface area (Å²) in [6.07, 6.45) is 0. The predicted molar refractivity (Wildman–Crippen MR) is 181 cm³/mol. The number of carbonyl (C=O) groups is 5. The van der Waals surface area contributed by atoms with Crippen molar-refractivity contribution in [1.29, 1.82) is 0 Å². The Morgan fingerprint density at radius 3 is 1.75 bits per heavy atom. The van der Waals surface area contributed by atoms with Gasteiger partial charge in [-0.3, -0.25) is 9.69 Å². The molecule has 3 aliphatic heterocycles. The van der Waals surface area contributed by atoms with Crippen LogP contribution in [0.5, 0.6) is 11.5 Å². The van der Waals surface area contributed by atoms with Gasteiger partial charge in [0, 0.05) is 27.7 Å². The minimum atomic E-state index is -1.70. The molecule has 0 saturated heterocycles. The highest BCUT2D eigenvalue weighted by Gasteiger charge is 2.62. The number of amides is 1. The molecule has 0 radical (unpaired) electrons. The van der Waals surface area contributed by atoms with Crippen LogP contribution in [-0.2, 0) is 38.1 Å². The van der Waals surface area contributed by atoms with Crippen LogP contribution in [0.1, 0.15) is 29.8 Å². The van der Waals surface area contributed by atoms with E-state index >= 15 is 0 Å². The number of hydrogen-bond acceptors (Lipinski definition) is 14. The molecule has 3 heterocycles. The lowest BCUT2D eigenvalue weighted by atomic mass is 9.83. The lowest BCUT2D eigenvalue weighted by Gasteiger charge is -2.50. The zero-order chi connectivity index (χ0) is 35.1. The van der Waals surface area contributed by atoms with Gasteiger partial charge in [-0.05, 0) is 44.2 Å². The van der Waals surface area contributed by atoms with Crippen LogP contribution in [0.3, 0.4) is 0 Å². The van der Waals surface area contributed by atoms with Gasteiger partial charge in [-0.15, -0.1) is 0 Å². The Hall–Kier alpha value is -4.34. The van der Waals surface area contributed by atoms with Crippen molar-refractivity contribution in [3.63, 3.8) is 0 Å². The van der Waals surface area contributed by atoms with Crippen LogP contribution in [-0.4, -0.2) is 82.1 Å². The number of carbonyl (C=O) groups excluding carboxylic acids is 5. The third-order valence-corrected chi connectivity index (χ3v) is 12.5. The van der Waals surface area contributed by atoms with Gasteiger partial charge in [0.15, 0.2) is 0 Å². The molecule has 252 valence electrons. The molecular weight excluding hydrogens is 683 g/mol. The van der Waals surface area contributed by atoms with E-state index in [4.69, 9.17) is 28.4 Å². The van der Waals surface area contributed by atoms with Crippen molar-refractivity contribution in [2.24, 2.45) is 0 Å². The standard InChI is InChI=1S/C33H31NO11S3/c1-32(2)26-21(19-13-12-18(41-4)15-20(19)34(32)27(35)16-10-9-11-17(14-16)40-3)33(22(28(36)42-5)23(46-26)29(37)43-6)47-24(30(38)44-7)25(48-33)31(39)45-8/h9-15H,1-8H3. The number of thioether (sulfide) groups is 3. The summed E-state index contributed by atoms with van der Waals surface area (Å²) in [6, 6.07) is 11.8. The van der Waals surface area contributed by atoms with Gasteiger partial charge in [-0.2, -0.15) is 0 Å². The number of ether oxygens (including phenoxy) is 6. The van der Waals surface area contributed by atoms with Crippen molar-refractivity contribution in [1.82, 2.24) is 0 Å². The van der Waals surface area contributed by atoms with Gasteiger partial charge in [-0.1, -0.05) is 41.4 Å². The maximum Gasteiger partial charge on any atom is 0.345 e. The highest BCUT2D eigenvalue weighted by molar-refractivity contribution is 8.26. The molecule has 0 unspecified atom stereocenters. The molecule has 12 nitrogen and oxygen atoms in total. The SMILES string of the molecule is COC(=O)C1=C(C(=O)OC)SC2(S1)C(C(=O)OC)=C(C(=O)OC)SC1=C2c2ccc(OC)cc2N(C(=O)c2cccc(OC)c2)C1(C)C. The van der Waals surface area contributed by atoms with Crippen molar-refractivity contribution in [3.8, 4) is 11.5 Å². The fraction of sp³-hybridized carbons (Fsp3) is 0.303. The number of hydrogen-bond donors (Lipinski definition) is 0. The summed E-state index contributed by atoms with van der Waals surface area (Å²) in [4.78, 5) is 70.0. The van der Waals surface area contributed by atoms with E-state index in [2.05, 4.69) is 0 Å². The fourth-order valence-corrected chi connectivity index (χ4v) is 10.7. The summed E-state index contributed by atoms with van der Waals surface area (Å²) in [6.45, 7) is 3.59. The Morgan fingerprint density at radius 1 is 0.667 bits per heavy atom. The summed E-state index contributed by atoms with van der Waals surface area (Å²) < 4.78 is 29.7. The van der Waals surface area contributed by atoms with Gasteiger partial charge in [-0.25, -0.2) is 19.2 Å². The van der Waals surface area contributed by atoms with Crippen LogP contribution < -0.4 is 14.4 Å². The molecule has 2 aromatic carbocycles. The van der Waals surface area contributed by atoms with E-state index < -0.39 is 39.4 Å². The van der Waals surface area contributed by atoms with Crippen molar-refractivity contribution >= 4 is 76.3 Å². The quantitative estimate of drug-likeness (QED) is 0.282. The molecule has 0 saturated carbocycles. The third kappa shape index (κ3) is 5.43. The number of nitrogens with zero attached hydrogens (tertiary/aromatic N) is 1. The van der Waals surface area contributed by atoms with Gasteiger partial charge in [0.25, 0.3) is 5.91 Å². The second kappa shape index (κ2) is 13.3. The van der Waals surface area contributed by atoms with E-state index in [1.54, 1.807) is 61.2 Å². The molecule has 0 bridgehead atoms. The Bertz CT molecular complexity index is 1830. The first-order chi connectivity index (χ1) is 22.8. The molecule has 0 fully saturated rings. The topological polar surface area (TPSA) is 144 Å². The van der Waals surface area contributed by atoms with Crippen LogP contribution in [0.15, 0.2) is 67.7 Å². The van der Waals surface area contributed by atoms with E-state index in [0.29, 0.717) is 38.8 Å². The monoisotopic (exact) mass is 713 g/mol. The van der Waals surface area contributed by atoms with Crippen molar-refractivity contribution < 1.29 is 52.4 Å². The summed E-state index contributed by atoms with van der Waals surface area (Å²) in [7, 11) is 7.63. The minimum absolute atomic E-state index is 0.138. The van der Waals surface area contributed by atoms with E-state index in [1.165, 1.54) is 21.3 Å². The Labute approximate surface area is 289 Å². The minimum Gasteiger partial charge on any atom is -0.497 e. The zero-order valence-corrected chi connectivity index (χ0v) is 29.7. The molecule has 5 rings (SSSR count). The van der Waals surface area contributed by atoms with Gasteiger partial charge in [0.05, 0.1) is 59.5 Å². The number of rotatable bonds is 7. The van der Waals surface area contributed by atoms with Crippen LogP contribution >= 0.6 is 35.3 Å². The normalized spacial score (nSPS) is 17.4. The van der Waals surface area contributed by atoms with Crippen LogP contribution in [0, 0.1) is 0 Å². The maximum atomic E-state index is 14.6. The van der Waals surface area contributed by atoms with Crippen molar-refractivity contribution in [2.75, 3.05) is 47.6 Å². The van der Waals surface area contributed by atoms with E-state index in [9.17, 15) is 24.0 Å². The summed E-state index contributed by atoms with van der Waals surface area (Å²) in [5.74, 6) is -2.95. The van der Waals surface area contributed by atoms with Crippen LogP contribution in [0.25, 0.3) is 5.57 Å². The molecule has 0 aliphatic carbocycles. The smallest absolute Gasteiger partial charge is 0.345 e. The third-order valence-electron chi connectivity index (χ3n) is 7.87. The summed E-state index contributed by atoms with van der Waals surface area (Å²) in [5, 5.41) is 0. The van der Waals surface area contributed by atoms with Crippen molar-refractivity contribution in [3.05, 3.63) is 78.8 Å². The van der Waals surface area contributed by atoms with Gasteiger partial charge in [0.1, 0.15) is 30.3 Å². The first-order valence-corrected chi connectivity index (χ1v) is 16.6. The van der Waals surface area contributed by atoms with Crippen LogP contribution in [0.2, 0.25) is 0 Å². The molecule has 0 aromatic heterocycles. The average Bonchev–Trinajstić information content (AvgIpc) is 3.49. The predicted octanol–water partition coefficient (Wildman–Crippen LogP) is 4.93. The lowest BCUT2D eigenvalue weighted by Crippen LogP contribution is -2.53. The zero-order valence-electron chi connectivity index (χ0n) is 27.2. The summed E-state index contributed by atoms with van der Waals surface area (Å²) >= 11 is 2.65. The second-order valence-electron chi connectivity index (χ2n) is 10.8. The highest BCUT2D eigenvalue weighted by atomic mass is 32.2. The fourth-order valence-electron chi connectivity index (χ4n) is 5.67. The number of anilines is 1. The second-order valence-corrected chi connectivity index (χ2v) is 14.5. The number of benzene rings is 2. The first-order valence-electron chi connectivity index (χ1n) is 14.1. The molecule has 1 amide bonds. The van der Waals surface area contributed by atoms with E-state index in [0.717, 1.165) is 56.6 Å².